The molecule has 0 radical (unpaired) electrons. The maximum absolute atomic E-state index is 13.6. The molecular weight excluding hydrogens is 1710 g/mol. The van der Waals surface area contributed by atoms with Gasteiger partial charge in [-0.15, -0.1) is 0 Å². The second kappa shape index (κ2) is 44.9. The van der Waals surface area contributed by atoms with E-state index in [1.807, 2.05) is 0 Å². The number of nitrogens with zero attached hydrogens (tertiary/aromatic N) is 1. The monoisotopic (exact) mass is 1830 g/mol. The van der Waals surface area contributed by atoms with Crippen molar-refractivity contribution in [3.8, 4) is 0 Å². The van der Waals surface area contributed by atoms with E-state index in [1.165, 1.54) is 6.92 Å². The third kappa shape index (κ3) is 25.0. The van der Waals surface area contributed by atoms with Gasteiger partial charge in [-0.3, -0.25) is 33.0 Å². The van der Waals surface area contributed by atoms with Gasteiger partial charge in [0.2, 0.25) is 29.5 Å². The topological polar surface area (TPSA) is 803 Å². The van der Waals surface area contributed by atoms with Crippen molar-refractivity contribution in [2.45, 2.75) is 318 Å². The van der Waals surface area contributed by atoms with Crippen LogP contribution >= 0.6 is 7.82 Å². The number of aliphatic hydroxyl groups excluding tert-OH is 22. The zero-order valence-electron chi connectivity index (χ0n) is 68.4. The molecule has 0 spiro atoms. The number of carbonyl (C=O) groups is 5. The number of likely N-dealkylation sites (N-methyl/N-ethyl adjacent to an activating group) is 1. The largest absolute Gasteiger partial charge is 0.472 e. The molecule has 55 heteroatoms. The van der Waals surface area contributed by atoms with E-state index in [0.29, 0.717) is 0 Å². The molecule has 0 aliphatic carbocycles. The van der Waals surface area contributed by atoms with Crippen molar-refractivity contribution in [1.29, 1.82) is 0 Å². The van der Waals surface area contributed by atoms with Gasteiger partial charge in [-0.05, 0) is 6.92 Å². The van der Waals surface area contributed by atoms with Gasteiger partial charge in [0.15, 0.2) is 56.6 Å². The second-order valence-electron chi connectivity index (χ2n) is 32.4. The minimum Gasteiger partial charge on any atom is -0.394 e. The van der Waals surface area contributed by atoms with Gasteiger partial charge in [-0.2, -0.15) is 0 Å². The maximum atomic E-state index is 13.6. The van der Waals surface area contributed by atoms with E-state index < -0.39 is 373 Å². The highest BCUT2D eigenvalue weighted by atomic mass is 31.2. The van der Waals surface area contributed by atoms with E-state index in [-0.39, 0.29) is 11.0 Å². The predicted molar refractivity (Wildman–Crippen MR) is 391 cm³/mol. The summed E-state index contributed by atoms with van der Waals surface area (Å²) in [6.07, 6.45) is -83.7. The first-order chi connectivity index (χ1) is 58.2. The van der Waals surface area contributed by atoms with Crippen LogP contribution < -0.4 is 26.6 Å². The lowest BCUT2D eigenvalue weighted by Gasteiger charge is -2.51. The van der Waals surface area contributed by atoms with Crippen molar-refractivity contribution in [3.05, 3.63) is 0 Å². The Hall–Kier alpha value is -4.14. The summed E-state index contributed by atoms with van der Waals surface area (Å²) in [5.74, 6) is -4.58. The molecule has 9 saturated heterocycles. The Labute approximate surface area is 706 Å². The van der Waals surface area contributed by atoms with Crippen LogP contribution in [-0.2, 0) is 118 Å². The van der Waals surface area contributed by atoms with Crippen LogP contribution in [0.25, 0.3) is 0 Å². The van der Waals surface area contributed by atoms with Crippen LogP contribution in [-0.4, -0.2) is 514 Å². The fraction of sp³-hybridized carbons (Fsp3) is 0.928. The molecular formula is C69H120N6O48P+. The summed E-state index contributed by atoms with van der Waals surface area (Å²) in [6, 6.07) is -9.41. The number of ether oxygens (including phenoxy) is 17. The molecule has 0 aromatic rings. The van der Waals surface area contributed by atoms with Crippen molar-refractivity contribution in [2.24, 2.45) is 0 Å². The molecule has 0 aromatic carbocycles. The smallest absolute Gasteiger partial charge is 0.394 e. The lowest BCUT2D eigenvalue weighted by molar-refractivity contribution is -0.870. The average molecular weight is 1830 g/mol. The first-order valence-electron chi connectivity index (χ1n) is 39.6. The highest BCUT2D eigenvalue weighted by molar-refractivity contribution is 7.47. The molecule has 0 aromatic heterocycles. The van der Waals surface area contributed by atoms with Crippen LogP contribution in [0.1, 0.15) is 41.5 Å². The average Bonchev–Trinajstić information content (AvgIpc) is 0.766. The summed E-state index contributed by atoms with van der Waals surface area (Å²) >= 11 is 0. The number of rotatable bonds is 35. The molecule has 124 heavy (non-hydrogen) atoms. The van der Waals surface area contributed by atoms with Crippen molar-refractivity contribution >= 4 is 37.4 Å². The fourth-order valence-electron chi connectivity index (χ4n) is 15.3. The number of hydrogen-bond donors (Lipinski definition) is 28. The molecule has 9 aliphatic rings. The molecule has 54 nitrogen and oxygen atoms in total. The summed E-state index contributed by atoms with van der Waals surface area (Å²) in [6.45, 7) is -3.10. The van der Waals surface area contributed by atoms with Gasteiger partial charge in [-0.25, -0.2) is 4.57 Å². The molecule has 9 fully saturated rings. The number of carbonyl (C=O) groups excluding carboxylic acids is 5. The highest BCUT2D eigenvalue weighted by Crippen LogP contribution is 2.45. The molecule has 9 heterocycles. The van der Waals surface area contributed by atoms with E-state index in [4.69, 9.17) is 89.6 Å². The lowest BCUT2D eigenvalue weighted by Crippen LogP contribution is -2.71. The van der Waals surface area contributed by atoms with Crippen molar-refractivity contribution < 1.29 is 240 Å². The van der Waals surface area contributed by atoms with E-state index in [0.717, 1.165) is 34.6 Å². The summed E-state index contributed by atoms with van der Waals surface area (Å²) in [4.78, 5) is 75.3. The molecule has 718 valence electrons. The normalized spacial score (nSPS) is 46.0. The molecule has 28 N–H and O–H groups in total. The third-order valence-corrected chi connectivity index (χ3v) is 22.9. The number of nitrogens with one attached hydrogen (secondary N) is 5. The standard InChI is InChI=1S/C69H119N6O48P/c1-20-39(86)50(97)53(100)66(109-20)105-18-32-56(47(94)34(61(102)110-32)70-21(2)81)118-64-37(73-24(5)84)48(95)55(30(16-80)115-64)120-67-54(101)58(44(91)31(116-67)17-106-68-59(51(98)42(89)28(14-78)113-68)122-63-36(72-23(4)83)46(93)41(88)27(13-77)112-63)121-69-60(52(99)43(90)29(15-79)114-69)123-65-38(74-25(6)85)49(96)57(33(117-65)19-108-124(103,104)107-11-10-75(7,8)9)119-62-35(71-22(3)82)45(92)40(87)26(12-76)111-62/h20,26-69,76-80,86-102H,10-19H2,1-9H3,(H5-,70,71,72,73,74,81,82,83,84,85,103,104)/p+1/t20-,26+,27+,28+,29+,30+,31+,32+,33+,34+,35+,36+,37+,38+,39+,40-,41+,42+,43+,44+,45+,46+,47+,48+,49+,50+,51-,52-,53-,54-,55+,56+,57+,58-,59-,60-,61+,62-,63-,64-,65-,66+,67-,68-,69+/m0/s1. The number of phosphoric acid groups is 1. The Balaban J connectivity index is 1.09. The van der Waals surface area contributed by atoms with Crippen LogP contribution in [0, 0.1) is 0 Å². The number of phosphoric ester groups is 1. The van der Waals surface area contributed by atoms with Crippen LogP contribution in [0.2, 0.25) is 0 Å². The van der Waals surface area contributed by atoms with Crippen molar-refractivity contribution in [2.75, 3.05) is 87.1 Å². The van der Waals surface area contributed by atoms with Gasteiger partial charge in [0.25, 0.3) is 0 Å². The zero-order chi connectivity index (χ0) is 91.9. The van der Waals surface area contributed by atoms with E-state index >= 15 is 0 Å². The molecule has 0 saturated carbocycles. The van der Waals surface area contributed by atoms with Crippen LogP contribution in [0.3, 0.4) is 0 Å². The molecule has 46 atom stereocenters. The summed E-state index contributed by atoms with van der Waals surface area (Å²) in [5.41, 5.74) is 0. The molecule has 0 bridgehead atoms. The molecule has 9 rings (SSSR count). The van der Waals surface area contributed by atoms with Gasteiger partial charge in [0, 0.05) is 34.6 Å². The summed E-state index contributed by atoms with van der Waals surface area (Å²) in [5, 5.41) is 261. The van der Waals surface area contributed by atoms with Crippen molar-refractivity contribution in [3.63, 3.8) is 0 Å². The van der Waals surface area contributed by atoms with Gasteiger partial charge >= 0.3 is 7.82 Å². The van der Waals surface area contributed by atoms with E-state index in [2.05, 4.69) is 26.6 Å². The Morgan fingerprint density at radius 1 is 0.306 bits per heavy atom. The lowest BCUT2D eigenvalue weighted by atomic mass is 9.93. The minimum atomic E-state index is -5.22. The first kappa shape index (κ1) is 104. The molecule has 1 unspecified atom stereocenters. The van der Waals surface area contributed by atoms with E-state index in [1.54, 1.807) is 21.1 Å². The summed E-state index contributed by atoms with van der Waals surface area (Å²) < 4.78 is 127. The predicted octanol–water partition coefficient (Wildman–Crippen LogP) is -18.0. The van der Waals surface area contributed by atoms with Crippen LogP contribution in [0.5, 0.6) is 0 Å². The van der Waals surface area contributed by atoms with Gasteiger partial charge < -0.3 is 229 Å². The molecule has 5 amide bonds. The van der Waals surface area contributed by atoms with Crippen molar-refractivity contribution in [1.82, 2.24) is 26.6 Å². The number of quaternary nitrogens is 1. The SMILES string of the molecule is CC(=O)N[C@@H]1[C@@H](O)[C@H](O[C@@H]2O[C@H](CO)[C@@H](O[C@@H]3O[C@H](CO[C@H]4O[C@H](CO)[C@@H](O)[C@H](O)[C@@H]4O[C@@H]4O[C@H](CO)[C@@H](O)[C@H](O)[C@H]4NC(C)=O)[C@@H](O)[C@H](O[C@H]4O[C@H](CO)[C@@H](O)[C@H](O)[C@@H]4O[C@@H]4O[C@H](COP(=O)(O)OCC[N+](C)(C)C)[C@@H](O[C@@H]5O[C@H](CO)[C@H](O)[C@H](O)[C@H]5NC(C)=O)[C@H](O)[C@H]4NC(C)=O)[C@@H]3O)[C@H](O)[C@H]2NC(C)=O)[C@@H](CO[C@@H]2O[C@@H](C)[C@@H](O)[C@@H](O)[C@@H]2O)O[C@H]1O. The van der Waals surface area contributed by atoms with Crippen LogP contribution in [0.4, 0.5) is 0 Å². The first-order valence-corrected chi connectivity index (χ1v) is 41.1. The Bertz CT molecular complexity index is 3450. The maximum Gasteiger partial charge on any atom is 0.472 e. The zero-order valence-corrected chi connectivity index (χ0v) is 69.3. The Morgan fingerprint density at radius 3 is 1.08 bits per heavy atom. The van der Waals surface area contributed by atoms with Gasteiger partial charge in [-0.1, -0.05) is 0 Å². The third-order valence-electron chi connectivity index (χ3n) is 21.9. The Morgan fingerprint density at radius 2 is 0.637 bits per heavy atom. The van der Waals surface area contributed by atoms with Gasteiger partial charge in [0.1, 0.15) is 226 Å². The fourth-order valence-corrected chi connectivity index (χ4v) is 16.0. The minimum absolute atomic E-state index is 0.108. The Kier molecular flexibility index (Phi) is 37.5. The molecule has 9 aliphatic heterocycles. The van der Waals surface area contributed by atoms with E-state index in [9.17, 15) is 146 Å². The quantitative estimate of drug-likeness (QED) is 0.0207. The second-order valence-corrected chi connectivity index (χ2v) is 33.8. The van der Waals surface area contributed by atoms with Crippen LogP contribution in [0.15, 0.2) is 0 Å². The summed E-state index contributed by atoms with van der Waals surface area (Å²) in [7, 11) is -0.0813. The number of aliphatic hydroxyl groups is 22. The van der Waals surface area contributed by atoms with Gasteiger partial charge in [0.05, 0.1) is 80.1 Å². The number of amides is 5. The highest BCUT2D eigenvalue weighted by Gasteiger charge is 2.61. The number of hydrogen-bond acceptors (Lipinski definition) is 47.